The minimum Gasteiger partial charge on any atom is -0.484 e. The molecule has 6 nitrogen and oxygen atoms in total. The van der Waals surface area contributed by atoms with Crippen molar-refractivity contribution in [1.29, 1.82) is 0 Å². The van der Waals surface area contributed by atoms with Crippen LogP contribution in [0.15, 0.2) is 65.3 Å². The molecule has 126 valence electrons. The number of nitrogens with zero attached hydrogens (tertiary/aromatic N) is 2. The summed E-state index contributed by atoms with van der Waals surface area (Å²) in [5, 5.41) is 5.73. The van der Waals surface area contributed by atoms with Crippen LogP contribution in [0.3, 0.4) is 0 Å². The lowest BCUT2D eigenvalue weighted by atomic mass is 10.1. The number of ether oxygens (including phenoxy) is 1. The maximum atomic E-state index is 12.6. The molecule has 2 aromatic rings. The summed E-state index contributed by atoms with van der Waals surface area (Å²) in [5.41, 5.74) is 7.79. The van der Waals surface area contributed by atoms with Crippen molar-refractivity contribution in [3.63, 3.8) is 0 Å². The predicted molar refractivity (Wildman–Crippen MR) is 96.1 cm³/mol. The Balaban J connectivity index is 1.78. The van der Waals surface area contributed by atoms with E-state index >= 15 is 0 Å². The van der Waals surface area contributed by atoms with Crippen LogP contribution >= 0.6 is 0 Å². The van der Waals surface area contributed by atoms with Gasteiger partial charge >= 0.3 is 0 Å². The fraction of sp³-hybridized carbons (Fsp3) is 0.105. The molecule has 0 aromatic heterocycles. The van der Waals surface area contributed by atoms with E-state index in [1.54, 1.807) is 37.3 Å². The molecule has 2 aromatic carbocycles. The number of carbonyl (C=O) groups is 2. The standard InChI is InChI=1S/C19H17N3O3/c1-13-17(19(24)22(21-13)15-5-3-2-4-6-15)11-14-7-9-16(10-8-14)25-12-18(20)23/h2-11H,12H2,1H3,(H2,20,23). The summed E-state index contributed by atoms with van der Waals surface area (Å²) in [6, 6.07) is 16.3. The summed E-state index contributed by atoms with van der Waals surface area (Å²) in [6.45, 7) is 1.63. The maximum Gasteiger partial charge on any atom is 0.280 e. The number of para-hydroxylation sites is 1. The molecule has 0 bridgehead atoms. The average Bonchev–Trinajstić information content (AvgIpc) is 2.90. The highest BCUT2D eigenvalue weighted by Crippen LogP contribution is 2.25. The monoisotopic (exact) mass is 335 g/mol. The first-order valence-corrected chi connectivity index (χ1v) is 7.72. The van der Waals surface area contributed by atoms with E-state index in [-0.39, 0.29) is 12.5 Å². The van der Waals surface area contributed by atoms with Crippen LogP contribution in [0.4, 0.5) is 5.69 Å². The number of nitrogens with two attached hydrogens (primary N) is 1. The summed E-state index contributed by atoms with van der Waals surface area (Å²) in [6.07, 6.45) is 1.78. The van der Waals surface area contributed by atoms with Gasteiger partial charge in [0.15, 0.2) is 6.61 Å². The van der Waals surface area contributed by atoms with Gasteiger partial charge in [-0.25, -0.2) is 0 Å². The van der Waals surface area contributed by atoms with Crippen LogP contribution in [0.25, 0.3) is 6.08 Å². The van der Waals surface area contributed by atoms with Gasteiger partial charge in [0.25, 0.3) is 11.8 Å². The minimum atomic E-state index is -0.532. The molecule has 0 spiro atoms. The first kappa shape index (κ1) is 16.4. The highest BCUT2D eigenvalue weighted by atomic mass is 16.5. The van der Waals surface area contributed by atoms with Crippen molar-refractivity contribution in [2.75, 3.05) is 11.6 Å². The van der Waals surface area contributed by atoms with Crippen molar-refractivity contribution in [3.8, 4) is 5.75 Å². The molecule has 0 radical (unpaired) electrons. The zero-order valence-electron chi connectivity index (χ0n) is 13.7. The Bertz CT molecular complexity index is 855. The number of primary amides is 1. The Hall–Kier alpha value is -3.41. The molecule has 0 fully saturated rings. The molecule has 25 heavy (non-hydrogen) atoms. The lowest BCUT2D eigenvalue weighted by molar-refractivity contribution is -0.120. The smallest absolute Gasteiger partial charge is 0.280 e. The van der Waals surface area contributed by atoms with E-state index < -0.39 is 5.91 Å². The third-order valence-electron chi connectivity index (χ3n) is 3.64. The zero-order valence-corrected chi connectivity index (χ0v) is 13.7. The van der Waals surface area contributed by atoms with Gasteiger partial charge in [-0.05, 0) is 42.8 Å². The lowest BCUT2D eigenvalue weighted by Crippen LogP contribution is -2.21. The molecule has 2 amide bonds. The largest absolute Gasteiger partial charge is 0.484 e. The Labute approximate surface area is 145 Å². The first-order valence-electron chi connectivity index (χ1n) is 7.72. The SMILES string of the molecule is CC1=NN(c2ccccc2)C(=O)C1=Cc1ccc(OCC(N)=O)cc1. The predicted octanol–water partition coefficient (Wildman–Crippen LogP) is 2.36. The van der Waals surface area contributed by atoms with Gasteiger partial charge in [0.2, 0.25) is 0 Å². The summed E-state index contributed by atoms with van der Waals surface area (Å²) in [4.78, 5) is 23.4. The van der Waals surface area contributed by atoms with Crippen molar-refractivity contribution < 1.29 is 14.3 Å². The van der Waals surface area contributed by atoms with Crippen molar-refractivity contribution in [3.05, 3.63) is 65.7 Å². The molecule has 3 rings (SSSR count). The molecule has 0 unspecified atom stereocenters. The van der Waals surface area contributed by atoms with E-state index in [2.05, 4.69) is 5.10 Å². The number of hydrogen-bond acceptors (Lipinski definition) is 4. The van der Waals surface area contributed by atoms with Crippen molar-refractivity contribution in [2.24, 2.45) is 10.8 Å². The molecule has 1 heterocycles. The molecule has 2 N–H and O–H groups in total. The second kappa shape index (κ2) is 7.00. The number of hydrogen-bond donors (Lipinski definition) is 1. The third-order valence-corrected chi connectivity index (χ3v) is 3.64. The molecule has 0 atom stereocenters. The molecule has 1 aliphatic heterocycles. The van der Waals surface area contributed by atoms with Crippen LogP contribution in [0, 0.1) is 0 Å². The van der Waals surface area contributed by atoms with Gasteiger partial charge in [0, 0.05) is 0 Å². The number of benzene rings is 2. The summed E-state index contributed by atoms with van der Waals surface area (Å²) in [7, 11) is 0. The Kier molecular flexibility index (Phi) is 4.61. The molecular formula is C19H17N3O3. The number of rotatable bonds is 5. The van der Waals surface area contributed by atoms with Gasteiger partial charge in [-0.1, -0.05) is 30.3 Å². The normalized spacial score (nSPS) is 15.4. The summed E-state index contributed by atoms with van der Waals surface area (Å²) in [5.74, 6) is -0.164. The Morgan fingerprint density at radius 3 is 2.48 bits per heavy atom. The quantitative estimate of drug-likeness (QED) is 0.851. The molecule has 6 heteroatoms. The fourth-order valence-corrected chi connectivity index (χ4v) is 2.41. The molecular weight excluding hydrogens is 318 g/mol. The van der Waals surface area contributed by atoms with Gasteiger partial charge in [0.1, 0.15) is 5.75 Å². The van der Waals surface area contributed by atoms with E-state index in [4.69, 9.17) is 10.5 Å². The number of amides is 2. The van der Waals surface area contributed by atoms with Gasteiger partial charge in [0.05, 0.1) is 17.0 Å². The highest BCUT2D eigenvalue weighted by Gasteiger charge is 2.28. The van der Waals surface area contributed by atoms with Crippen molar-refractivity contribution in [2.45, 2.75) is 6.92 Å². The van der Waals surface area contributed by atoms with E-state index in [1.807, 2.05) is 30.3 Å². The summed E-state index contributed by atoms with van der Waals surface area (Å²) < 4.78 is 5.22. The van der Waals surface area contributed by atoms with Crippen LogP contribution in [0.5, 0.6) is 5.75 Å². The topological polar surface area (TPSA) is 85.0 Å². The lowest BCUT2D eigenvalue weighted by Gasteiger charge is -2.11. The highest BCUT2D eigenvalue weighted by molar-refractivity contribution is 6.32. The van der Waals surface area contributed by atoms with Gasteiger partial charge in [-0.15, -0.1) is 0 Å². The van der Waals surface area contributed by atoms with E-state index in [0.29, 0.717) is 17.0 Å². The number of hydrazone groups is 1. The molecule has 0 saturated heterocycles. The van der Waals surface area contributed by atoms with Crippen LogP contribution in [0.2, 0.25) is 0 Å². The van der Waals surface area contributed by atoms with E-state index in [9.17, 15) is 9.59 Å². The average molecular weight is 335 g/mol. The van der Waals surface area contributed by atoms with Gasteiger partial charge in [-0.3, -0.25) is 9.59 Å². The van der Waals surface area contributed by atoms with Crippen LogP contribution in [0.1, 0.15) is 12.5 Å². The zero-order chi connectivity index (χ0) is 17.8. The summed E-state index contributed by atoms with van der Waals surface area (Å²) >= 11 is 0. The van der Waals surface area contributed by atoms with Crippen molar-refractivity contribution in [1.82, 2.24) is 0 Å². The van der Waals surface area contributed by atoms with Crippen LogP contribution in [-0.4, -0.2) is 24.1 Å². The Morgan fingerprint density at radius 1 is 1.16 bits per heavy atom. The fourth-order valence-electron chi connectivity index (χ4n) is 2.41. The second-order valence-corrected chi connectivity index (χ2v) is 5.52. The Morgan fingerprint density at radius 2 is 1.84 bits per heavy atom. The number of anilines is 1. The number of carbonyl (C=O) groups excluding carboxylic acids is 2. The minimum absolute atomic E-state index is 0.169. The van der Waals surface area contributed by atoms with Crippen LogP contribution in [-0.2, 0) is 9.59 Å². The second-order valence-electron chi connectivity index (χ2n) is 5.52. The van der Waals surface area contributed by atoms with E-state index in [0.717, 1.165) is 11.3 Å². The van der Waals surface area contributed by atoms with Crippen LogP contribution < -0.4 is 15.5 Å². The maximum absolute atomic E-state index is 12.6. The van der Waals surface area contributed by atoms with E-state index in [1.165, 1.54) is 5.01 Å². The molecule has 1 aliphatic rings. The van der Waals surface area contributed by atoms with Gasteiger partial charge in [-0.2, -0.15) is 10.1 Å². The molecule has 0 aliphatic carbocycles. The van der Waals surface area contributed by atoms with Gasteiger partial charge < -0.3 is 10.5 Å². The van der Waals surface area contributed by atoms with Crippen molar-refractivity contribution >= 4 is 29.3 Å². The first-order chi connectivity index (χ1) is 12.0. The third kappa shape index (κ3) is 3.74. The molecule has 0 saturated carbocycles.